The van der Waals surface area contributed by atoms with Crippen LogP contribution in [0.4, 0.5) is 4.79 Å². The van der Waals surface area contributed by atoms with Crippen molar-refractivity contribution in [1.82, 2.24) is 14.7 Å². The van der Waals surface area contributed by atoms with E-state index < -0.39 is 11.4 Å². The Balaban J connectivity index is 1.34. The number of benzene rings is 1. The summed E-state index contributed by atoms with van der Waals surface area (Å²) < 4.78 is 0. The maximum absolute atomic E-state index is 13.0. The summed E-state index contributed by atoms with van der Waals surface area (Å²) in [5.74, 6) is -0.555. The molecule has 3 heterocycles. The molecule has 0 saturated carbocycles. The van der Waals surface area contributed by atoms with Gasteiger partial charge in [0.05, 0.1) is 5.41 Å². The summed E-state index contributed by atoms with van der Waals surface area (Å²) in [6.07, 6.45) is 5.23. The molecule has 3 fully saturated rings. The van der Waals surface area contributed by atoms with Crippen molar-refractivity contribution >= 4 is 17.9 Å². The fourth-order valence-corrected chi connectivity index (χ4v) is 5.24. The molecule has 0 unspecified atom stereocenters. The normalized spacial score (nSPS) is 22.8. The van der Waals surface area contributed by atoms with E-state index in [0.717, 1.165) is 37.8 Å². The number of hydrogen-bond donors (Lipinski definition) is 1. The van der Waals surface area contributed by atoms with E-state index in [1.54, 1.807) is 4.90 Å². The highest BCUT2D eigenvalue weighted by atomic mass is 16.4. The molecule has 162 valence electrons. The lowest BCUT2D eigenvalue weighted by Gasteiger charge is -2.44. The van der Waals surface area contributed by atoms with E-state index in [-0.39, 0.29) is 18.0 Å². The van der Waals surface area contributed by atoms with Crippen LogP contribution in [-0.4, -0.2) is 76.5 Å². The smallest absolute Gasteiger partial charge is 0.320 e. The summed E-state index contributed by atoms with van der Waals surface area (Å²) >= 11 is 0. The number of carboxylic acids is 1. The van der Waals surface area contributed by atoms with Gasteiger partial charge in [-0.05, 0) is 44.1 Å². The van der Waals surface area contributed by atoms with E-state index in [9.17, 15) is 19.5 Å². The SMILES string of the molecule is O=C(N1CCC(N2CCCCC2=O)CC1)N1CCC(C(=O)O)(c2ccccc2)CC1. The topological polar surface area (TPSA) is 81.2 Å². The van der Waals surface area contributed by atoms with E-state index in [1.165, 1.54) is 0 Å². The predicted octanol–water partition coefficient (Wildman–Crippen LogP) is 2.70. The van der Waals surface area contributed by atoms with Gasteiger partial charge in [0, 0.05) is 45.2 Å². The van der Waals surface area contributed by atoms with Crippen LogP contribution in [0, 0.1) is 0 Å². The fourth-order valence-electron chi connectivity index (χ4n) is 5.24. The van der Waals surface area contributed by atoms with Crippen molar-refractivity contribution in [3.63, 3.8) is 0 Å². The lowest BCUT2D eigenvalue weighted by atomic mass is 9.73. The van der Waals surface area contributed by atoms with E-state index >= 15 is 0 Å². The number of carbonyl (C=O) groups is 3. The first kappa shape index (κ1) is 20.7. The Labute approximate surface area is 177 Å². The molecule has 0 spiro atoms. The minimum absolute atomic E-state index is 0.00507. The highest BCUT2D eigenvalue weighted by molar-refractivity contribution is 5.82. The van der Waals surface area contributed by atoms with Crippen molar-refractivity contribution in [1.29, 1.82) is 0 Å². The molecule has 3 aliphatic rings. The third kappa shape index (κ3) is 3.89. The van der Waals surface area contributed by atoms with Gasteiger partial charge in [-0.2, -0.15) is 0 Å². The van der Waals surface area contributed by atoms with Gasteiger partial charge in [0.1, 0.15) is 0 Å². The first-order valence-corrected chi connectivity index (χ1v) is 11.1. The average molecular weight is 414 g/mol. The van der Waals surface area contributed by atoms with E-state index in [0.29, 0.717) is 45.4 Å². The van der Waals surface area contributed by atoms with Gasteiger partial charge in [0.2, 0.25) is 5.91 Å². The number of amides is 3. The van der Waals surface area contributed by atoms with Crippen molar-refractivity contribution in [2.45, 2.75) is 56.4 Å². The molecule has 1 N–H and O–H groups in total. The Kier molecular flexibility index (Phi) is 5.97. The van der Waals surface area contributed by atoms with Gasteiger partial charge < -0.3 is 19.8 Å². The van der Waals surface area contributed by atoms with Crippen molar-refractivity contribution in [3.8, 4) is 0 Å². The number of aliphatic carboxylic acids is 1. The number of carboxylic acid groups (broad SMARTS) is 1. The summed E-state index contributed by atoms with van der Waals surface area (Å²) in [6.45, 7) is 3.06. The van der Waals surface area contributed by atoms with Crippen LogP contribution in [0.2, 0.25) is 0 Å². The highest BCUT2D eigenvalue weighted by Gasteiger charge is 2.44. The molecular formula is C23H31N3O4. The van der Waals surface area contributed by atoms with Gasteiger partial charge >= 0.3 is 12.0 Å². The van der Waals surface area contributed by atoms with E-state index in [1.807, 2.05) is 40.1 Å². The van der Waals surface area contributed by atoms with Crippen molar-refractivity contribution in [2.75, 3.05) is 32.7 Å². The summed E-state index contributed by atoms with van der Waals surface area (Å²) in [5.41, 5.74) is -0.101. The highest BCUT2D eigenvalue weighted by Crippen LogP contribution is 2.36. The summed E-state index contributed by atoms with van der Waals surface area (Å²) in [4.78, 5) is 43.0. The third-order valence-electron chi connectivity index (χ3n) is 7.16. The number of likely N-dealkylation sites (tertiary alicyclic amines) is 3. The van der Waals surface area contributed by atoms with Gasteiger partial charge in [-0.3, -0.25) is 9.59 Å². The van der Waals surface area contributed by atoms with E-state index in [4.69, 9.17) is 0 Å². The van der Waals surface area contributed by atoms with Crippen LogP contribution in [0.15, 0.2) is 30.3 Å². The molecule has 7 heteroatoms. The second-order valence-electron chi connectivity index (χ2n) is 8.79. The van der Waals surface area contributed by atoms with E-state index in [2.05, 4.69) is 0 Å². The number of nitrogens with zero attached hydrogens (tertiary/aromatic N) is 3. The Hall–Kier alpha value is -2.57. The first-order valence-electron chi connectivity index (χ1n) is 11.1. The Morgan fingerprint density at radius 1 is 0.900 bits per heavy atom. The van der Waals surface area contributed by atoms with Gasteiger partial charge in [-0.25, -0.2) is 4.79 Å². The largest absolute Gasteiger partial charge is 0.481 e. The number of urea groups is 1. The molecule has 0 aromatic heterocycles. The zero-order valence-corrected chi connectivity index (χ0v) is 17.5. The van der Waals surface area contributed by atoms with Crippen LogP contribution in [0.5, 0.6) is 0 Å². The van der Waals surface area contributed by atoms with Crippen LogP contribution in [0.1, 0.15) is 50.5 Å². The van der Waals surface area contributed by atoms with Crippen LogP contribution in [-0.2, 0) is 15.0 Å². The number of hydrogen-bond acceptors (Lipinski definition) is 3. The van der Waals surface area contributed by atoms with Crippen LogP contribution < -0.4 is 0 Å². The second-order valence-corrected chi connectivity index (χ2v) is 8.79. The Morgan fingerprint density at radius 2 is 1.53 bits per heavy atom. The summed E-state index contributed by atoms with van der Waals surface area (Å²) in [6, 6.07) is 9.63. The van der Waals surface area contributed by atoms with Gasteiger partial charge in [-0.15, -0.1) is 0 Å². The molecule has 0 bridgehead atoms. The lowest BCUT2D eigenvalue weighted by molar-refractivity contribution is -0.145. The maximum Gasteiger partial charge on any atom is 0.320 e. The molecule has 30 heavy (non-hydrogen) atoms. The minimum atomic E-state index is -0.917. The molecule has 3 saturated heterocycles. The molecule has 1 aromatic rings. The number of piperidine rings is 3. The lowest BCUT2D eigenvalue weighted by Crippen LogP contribution is -2.55. The minimum Gasteiger partial charge on any atom is -0.481 e. The number of rotatable bonds is 3. The predicted molar refractivity (Wildman–Crippen MR) is 112 cm³/mol. The standard InChI is InChI=1S/C23H31N3O4/c27-20-8-4-5-13-26(20)19-9-14-24(15-10-19)22(30)25-16-11-23(12-17-25,21(28)29)18-6-2-1-3-7-18/h1-3,6-7,19H,4-5,8-17H2,(H,28,29). The second kappa shape index (κ2) is 8.66. The third-order valence-corrected chi connectivity index (χ3v) is 7.16. The summed E-state index contributed by atoms with van der Waals surface area (Å²) in [7, 11) is 0. The van der Waals surface area contributed by atoms with Crippen molar-refractivity contribution < 1.29 is 19.5 Å². The zero-order valence-electron chi connectivity index (χ0n) is 17.5. The molecule has 0 atom stereocenters. The van der Waals surface area contributed by atoms with Crippen LogP contribution in [0.3, 0.4) is 0 Å². The Bertz CT molecular complexity index is 781. The zero-order chi connectivity index (χ0) is 21.1. The fraction of sp³-hybridized carbons (Fsp3) is 0.609. The van der Waals surface area contributed by atoms with Crippen molar-refractivity contribution in [3.05, 3.63) is 35.9 Å². The molecule has 3 aliphatic heterocycles. The molecular weight excluding hydrogens is 382 g/mol. The maximum atomic E-state index is 13.0. The van der Waals surface area contributed by atoms with Gasteiger partial charge in [0.25, 0.3) is 0 Å². The van der Waals surface area contributed by atoms with Gasteiger partial charge in [-0.1, -0.05) is 30.3 Å². The Morgan fingerprint density at radius 3 is 2.13 bits per heavy atom. The molecule has 3 amide bonds. The van der Waals surface area contributed by atoms with Crippen LogP contribution in [0.25, 0.3) is 0 Å². The molecule has 1 aromatic carbocycles. The monoisotopic (exact) mass is 413 g/mol. The van der Waals surface area contributed by atoms with Gasteiger partial charge in [0.15, 0.2) is 0 Å². The number of carbonyl (C=O) groups excluding carboxylic acids is 2. The quantitative estimate of drug-likeness (QED) is 0.826. The summed E-state index contributed by atoms with van der Waals surface area (Å²) in [5, 5.41) is 9.94. The average Bonchev–Trinajstić information content (AvgIpc) is 2.79. The molecule has 0 aliphatic carbocycles. The molecule has 7 nitrogen and oxygen atoms in total. The van der Waals surface area contributed by atoms with Crippen molar-refractivity contribution in [2.24, 2.45) is 0 Å². The van der Waals surface area contributed by atoms with Crippen LogP contribution >= 0.6 is 0 Å². The molecule has 4 rings (SSSR count). The first-order chi connectivity index (χ1) is 14.5. The molecule has 0 radical (unpaired) electrons.